The van der Waals surface area contributed by atoms with Gasteiger partial charge in [0, 0.05) is 30.1 Å². The number of thioether (sulfide) groups is 1. The van der Waals surface area contributed by atoms with E-state index < -0.39 is 0 Å². The van der Waals surface area contributed by atoms with Crippen molar-refractivity contribution in [3.05, 3.63) is 22.8 Å². The molecular weight excluding hydrogens is 254 g/mol. The Balaban J connectivity index is 2.07. The largest absolute Gasteiger partial charge is 0.384 e. The third-order valence-corrected chi connectivity index (χ3v) is 4.46. The van der Waals surface area contributed by atoms with Gasteiger partial charge in [-0.3, -0.25) is 4.90 Å². The summed E-state index contributed by atoms with van der Waals surface area (Å²) in [5.41, 5.74) is 6.58. The van der Waals surface area contributed by atoms with E-state index in [1.165, 1.54) is 0 Å². The molecule has 0 saturated carbocycles. The Morgan fingerprint density at radius 1 is 1.53 bits per heavy atom. The van der Waals surface area contributed by atoms with Crippen LogP contribution in [0.3, 0.4) is 0 Å². The van der Waals surface area contributed by atoms with Crippen molar-refractivity contribution in [2.24, 2.45) is 0 Å². The first-order chi connectivity index (χ1) is 7.96. The number of anilines is 1. The van der Waals surface area contributed by atoms with E-state index in [1.807, 2.05) is 17.8 Å². The van der Waals surface area contributed by atoms with E-state index in [0.29, 0.717) is 15.6 Å². The zero-order valence-electron chi connectivity index (χ0n) is 10.2. The summed E-state index contributed by atoms with van der Waals surface area (Å²) in [6.45, 7) is 7.48. The van der Waals surface area contributed by atoms with E-state index in [2.05, 4.69) is 23.7 Å². The molecule has 0 bridgehead atoms. The first-order valence-corrected chi connectivity index (χ1v) is 7.10. The lowest BCUT2D eigenvalue weighted by Gasteiger charge is -2.37. The van der Waals surface area contributed by atoms with Crippen LogP contribution in [0.4, 0.5) is 5.82 Å². The maximum atomic E-state index is 6.14. The van der Waals surface area contributed by atoms with Crippen LogP contribution in [0, 0.1) is 0 Å². The standard InChI is InChI=1S/C12H18ClN3S/c1-12(2)8-16(5-6-17-12)7-10-9(13)3-4-11(14)15-10/h3-4H,5-8H2,1-2H3,(H2,14,15). The number of pyridine rings is 1. The van der Waals surface area contributed by atoms with Gasteiger partial charge in [-0.2, -0.15) is 11.8 Å². The van der Waals surface area contributed by atoms with Gasteiger partial charge < -0.3 is 5.73 Å². The maximum absolute atomic E-state index is 6.14. The summed E-state index contributed by atoms with van der Waals surface area (Å²) in [5, 5.41) is 0.704. The van der Waals surface area contributed by atoms with Gasteiger partial charge in [-0.15, -0.1) is 0 Å². The van der Waals surface area contributed by atoms with Crippen LogP contribution in [-0.4, -0.2) is 33.5 Å². The molecule has 1 aliphatic rings. The molecule has 1 aliphatic heterocycles. The number of halogens is 1. The number of nitrogens with two attached hydrogens (primary N) is 1. The molecule has 0 aliphatic carbocycles. The van der Waals surface area contributed by atoms with Crippen LogP contribution in [0.15, 0.2) is 12.1 Å². The molecule has 0 aromatic carbocycles. The van der Waals surface area contributed by atoms with Crippen molar-refractivity contribution in [3.63, 3.8) is 0 Å². The van der Waals surface area contributed by atoms with Crippen LogP contribution >= 0.6 is 23.4 Å². The monoisotopic (exact) mass is 271 g/mol. The minimum Gasteiger partial charge on any atom is -0.384 e. The number of aromatic nitrogens is 1. The first-order valence-electron chi connectivity index (χ1n) is 5.73. The lowest BCUT2D eigenvalue weighted by atomic mass is 10.2. The Hall–Kier alpha value is -0.450. The molecule has 94 valence electrons. The van der Waals surface area contributed by atoms with E-state index in [1.54, 1.807) is 6.07 Å². The van der Waals surface area contributed by atoms with Gasteiger partial charge in [0.25, 0.3) is 0 Å². The van der Waals surface area contributed by atoms with Crippen LogP contribution in [-0.2, 0) is 6.54 Å². The fourth-order valence-electron chi connectivity index (χ4n) is 2.07. The third-order valence-electron chi connectivity index (χ3n) is 2.82. The number of nitrogens with zero attached hydrogens (tertiary/aromatic N) is 2. The summed E-state index contributed by atoms with van der Waals surface area (Å²) in [5.74, 6) is 1.70. The highest BCUT2D eigenvalue weighted by molar-refractivity contribution is 8.00. The van der Waals surface area contributed by atoms with Gasteiger partial charge in [-0.1, -0.05) is 11.6 Å². The molecule has 3 nitrogen and oxygen atoms in total. The van der Waals surface area contributed by atoms with Gasteiger partial charge in [0.05, 0.1) is 10.7 Å². The van der Waals surface area contributed by atoms with Gasteiger partial charge in [0.2, 0.25) is 0 Å². The van der Waals surface area contributed by atoms with Crippen molar-refractivity contribution in [1.82, 2.24) is 9.88 Å². The first kappa shape index (κ1) is 13.0. The van der Waals surface area contributed by atoms with E-state index in [0.717, 1.165) is 31.1 Å². The second kappa shape index (κ2) is 5.04. The zero-order chi connectivity index (χ0) is 12.5. The summed E-state index contributed by atoms with van der Waals surface area (Å²) < 4.78 is 0.311. The van der Waals surface area contributed by atoms with E-state index in [-0.39, 0.29) is 0 Å². The summed E-state index contributed by atoms with van der Waals surface area (Å²) in [6, 6.07) is 3.56. The van der Waals surface area contributed by atoms with Crippen molar-refractivity contribution >= 4 is 29.2 Å². The molecule has 1 aromatic rings. The highest BCUT2D eigenvalue weighted by Crippen LogP contribution is 2.30. The molecule has 0 atom stereocenters. The minimum atomic E-state index is 0.311. The second-order valence-corrected chi connectivity index (χ2v) is 7.19. The number of nitrogen functional groups attached to an aromatic ring is 1. The Bertz CT molecular complexity index is 409. The molecule has 1 saturated heterocycles. The van der Waals surface area contributed by atoms with Crippen molar-refractivity contribution in [2.45, 2.75) is 25.1 Å². The zero-order valence-corrected chi connectivity index (χ0v) is 11.8. The van der Waals surface area contributed by atoms with Crippen LogP contribution in [0.5, 0.6) is 0 Å². The number of hydrogen-bond acceptors (Lipinski definition) is 4. The van der Waals surface area contributed by atoms with Gasteiger partial charge in [0.1, 0.15) is 5.82 Å². The summed E-state index contributed by atoms with van der Waals surface area (Å²) in [7, 11) is 0. The summed E-state index contributed by atoms with van der Waals surface area (Å²) >= 11 is 8.16. The Kier molecular flexibility index (Phi) is 3.85. The van der Waals surface area contributed by atoms with Crippen molar-refractivity contribution < 1.29 is 0 Å². The van der Waals surface area contributed by atoms with Crippen LogP contribution in [0.25, 0.3) is 0 Å². The molecular formula is C12H18ClN3S. The fraction of sp³-hybridized carbons (Fsp3) is 0.583. The minimum absolute atomic E-state index is 0.311. The molecule has 2 rings (SSSR count). The SMILES string of the molecule is CC1(C)CN(Cc2nc(N)ccc2Cl)CCS1. The van der Waals surface area contributed by atoms with Crippen LogP contribution in [0.2, 0.25) is 5.02 Å². The molecule has 5 heteroatoms. The predicted octanol–water partition coefficient (Wildman–Crippen LogP) is 2.64. The van der Waals surface area contributed by atoms with E-state index >= 15 is 0 Å². The number of hydrogen-bond donors (Lipinski definition) is 1. The molecule has 0 radical (unpaired) electrons. The second-order valence-electron chi connectivity index (χ2n) is 4.98. The smallest absolute Gasteiger partial charge is 0.123 e. The van der Waals surface area contributed by atoms with E-state index in [9.17, 15) is 0 Å². The molecule has 1 aromatic heterocycles. The average molecular weight is 272 g/mol. The predicted molar refractivity (Wildman–Crippen MR) is 75.5 cm³/mol. The van der Waals surface area contributed by atoms with Gasteiger partial charge in [-0.25, -0.2) is 4.98 Å². The van der Waals surface area contributed by atoms with Crippen LogP contribution in [0.1, 0.15) is 19.5 Å². The Morgan fingerprint density at radius 2 is 2.29 bits per heavy atom. The van der Waals surface area contributed by atoms with Gasteiger partial charge >= 0.3 is 0 Å². The Morgan fingerprint density at radius 3 is 3.00 bits per heavy atom. The lowest BCUT2D eigenvalue weighted by Crippen LogP contribution is -2.42. The molecule has 2 N–H and O–H groups in total. The van der Waals surface area contributed by atoms with Gasteiger partial charge in [-0.05, 0) is 26.0 Å². The quantitative estimate of drug-likeness (QED) is 0.898. The molecule has 1 fully saturated rings. The lowest BCUT2D eigenvalue weighted by molar-refractivity contribution is 0.250. The maximum Gasteiger partial charge on any atom is 0.123 e. The highest BCUT2D eigenvalue weighted by atomic mass is 35.5. The molecule has 0 spiro atoms. The number of rotatable bonds is 2. The average Bonchev–Trinajstić information content (AvgIpc) is 2.22. The van der Waals surface area contributed by atoms with E-state index in [4.69, 9.17) is 17.3 Å². The van der Waals surface area contributed by atoms with Gasteiger partial charge in [0.15, 0.2) is 0 Å². The summed E-state index contributed by atoms with van der Waals surface area (Å²) in [6.07, 6.45) is 0. The highest BCUT2D eigenvalue weighted by Gasteiger charge is 2.27. The summed E-state index contributed by atoms with van der Waals surface area (Å²) in [4.78, 5) is 6.70. The van der Waals surface area contributed by atoms with Crippen molar-refractivity contribution in [2.75, 3.05) is 24.6 Å². The van der Waals surface area contributed by atoms with Crippen LogP contribution < -0.4 is 5.73 Å². The Labute approximate surface area is 112 Å². The van der Waals surface area contributed by atoms with Crippen molar-refractivity contribution in [3.8, 4) is 0 Å². The molecule has 0 unspecified atom stereocenters. The molecule has 2 heterocycles. The fourth-order valence-corrected chi connectivity index (χ4v) is 3.41. The normalized spacial score (nSPS) is 20.4. The molecule has 0 amide bonds. The topological polar surface area (TPSA) is 42.2 Å². The third kappa shape index (κ3) is 3.50. The molecule has 17 heavy (non-hydrogen) atoms. The van der Waals surface area contributed by atoms with Crippen molar-refractivity contribution in [1.29, 1.82) is 0 Å².